The van der Waals surface area contributed by atoms with Gasteiger partial charge in [0.05, 0.1) is 12.0 Å². The highest BCUT2D eigenvalue weighted by molar-refractivity contribution is 5.80. The SMILES string of the molecule is O=C1NCC[C@H]2OCC[C@H]12. The van der Waals surface area contributed by atoms with Crippen molar-refractivity contribution in [3.8, 4) is 0 Å². The molecule has 0 aliphatic carbocycles. The molecule has 1 N–H and O–H groups in total. The Morgan fingerprint density at radius 1 is 1.50 bits per heavy atom. The predicted octanol–water partition coefficient (Wildman–Crippen LogP) is -0.0886. The zero-order valence-corrected chi connectivity index (χ0v) is 5.80. The number of carbonyl (C=O) groups is 1. The molecule has 3 heteroatoms. The molecule has 2 rings (SSSR count). The fourth-order valence-electron chi connectivity index (χ4n) is 1.70. The van der Waals surface area contributed by atoms with Crippen LogP contribution in [0.15, 0.2) is 0 Å². The van der Waals surface area contributed by atoms with Gasteiger partial charge in [-0.05, 0) is 12.8 Å². The first-order chi connectivity index (χ1) is 4.88. The zero-order chi connectivity index (χ0) is 6.97. The first kappa shape index (κ1) is 6.16. The highest BCUT2D eigenvalue weighted by atomic mass is 16.5. The van der Waals surface area contributed by atoms with Gasteiger partial charge in [0.1, 0.15) is 0 Å². The minimum absolute atomic E-state index is 0.161. The summed E-state index contributed by atoms with van der Waals surface area (Å²) < 4.78 is 5.37. The van der Waals surface area contributed by atoms with Crippen LogP contribution < -0.4 is 5.32 Å². The molecule has 2 atom stereocenters. The molecule has 0 aromatic rings. The van der Waals surface area contributed by atoms with Crippen molar-refractivity contribution >= 4 is 5.91 Å². The quantitative estimate of drug-likeness (QED) is 0.512. The van der Waals surface area contributed by atoms with Crippen LogP contribution in [0.25, 0.3) is 0 Å². The molecule has 3 nitrogen and oxygen atoms in total. The number of amides is 1. The molecule has 2 saturated heterocycles. The standard InChI is InChI=1S/C7H11NO2/c9-7-5-2-4-10-6(5)1-3-8-7/h5-6H,1-4H2,(H,8,9)/t5-,6+/m0/s1. The summed E-state index contributed by atoms with van der Waals surface area (Å²) in [6.45, 7) is 1.56. The van der Waals surface area contributed by atoms with Crippen LogP contribution in [0.2, 0.25) is 0 Å². The van der Waals surface area contributed by atoms with Crippen molar-refractivity contribution in [3.05, 3.63) is 0 Å². The van der Waals surface area contributed by atoms with Gasteiger partial charge in [-0.1, -0.05) is 0 Å². The lowest BCUT2D eigenvalue weighted by atomic mass is 9.95. The van der Waals surface area contributed by atoms with Gasteiger partial charge in [0.2, 0.25) is 5.91 Å². The number of fused-ring (bicyclic) bond motifs is 1. The Morgan fingerprint density at radius 2 is 2.40 bits per heavy atom. The number of hydrogen-bond acceptors (Lipinski definition) is 2. The first-order valence-corrected chi connectivity index (χ1v) is 3.77. The second-order valence-corrected chi connectivity index (χ2v) is 2.88. The molecule has 0 unspecified atom stereocenters. The second-order valence-electron chi connectivity index (χ2n) is 2.88. The van der Waals surface area contributed by atoms with Crippen LogP contribution in [0, 0.1) is 5.92 Å². The van der Waals surface area contributed by atoms with Crippen molar-refractivity contribution in [1.29, 1.82) is 0 Å². The summed E-state index contributed by atoms with van der Waals surface area (Å²) in [4.78, 5) is 11.1. The molecule has 2 heterocycles. The third-order valence-corrected chi connectivity index (χ3v) is 2.27. The van der Waals surface area contributed by atoms with Gasteiger partial charge in [-0.3, -0.25) is 4.79 Å². The monoisotopic (exact) mass is 141 g/mol. The van der Waals surface area contributed by atoms with Gasteiger partial charge < -0.3 is 10.1 Å². The summed E-state index contributed by atoms with van der Waals surface area (Å²) in [5.41, 5.74) is 0. The maximum atomic E-state index is 11.1. The molecule has 2 fully saturated rings. The maximum absolute atomic E-state index is 11.1. The third-order valence-electron chi connectivity index (χ3n) is 2.27. The van der Waals surface area contributed by atoms with Crippen LogP contribution in [0.1, 0.15) is 12.8 Å². The minimum atomic E-state index is 0.161. The number of carbonyl (C=O) groups excluding carboxylic acids is 1. The summed E-state index contributed by atoms with van der Waals surface area (Å²) >= 11 is 0. The Balaban J connectivity index is 2.10. The maximum Gasteiger partial charge on any atom is 0.225 e. The van der Waals surface area contributed by atoms with E-state index in [1.54, 1.807) is 0 Å². The molecule has 56 valence electrons. The van der Waals surface area contributed by atoms with E-state index in [9.17, 15) is 4.79 Å². The van der Waals surface area contributed by atoms with Gasteiger partial charge in [-0.2, -0.15) is 0 Å². The molecule has 0 saturated carbocycles. The van der Waals surface area contributed by atoms with Crippen molar-refractivity contribution in [2.24, 2.45) is 5.92 Å². The van der Waals surface area contributed by atoms with Gasteiger partial charge in [0.15, 0.2) is 0 Å². The van der Waals surface area contributed by atoms with E-state index < -0.39 is 0 Å². The molecule has 2 aliphatic heterocycles. The summed E-state index contributed by atoms with van der Waals surface area (Å²) in [5.74, 6) is 0.350. The van der Waals surface area contributed by atoms with Crippen LogP contribution in [-0.2, 0) is 9.53 Å². The van der Waals surface area contributed by atoms with Gasteiger partial charge >= 0.3 is 0 Å². The molecule has 0 spiro atoms. The Labute approximate surface area is 59.7 Å². The average molecular weight is 141 g/mol. The number of rotatable bonds is 0. The van der Waals surface area contributed by atoms with Crippen molar-refractivity contribution in [1.82, 2.24) is 5.32 Å². The molecule has 0 aromatic heterocycles. The fraction of sp³-hybridized carbons (Fsp3) is 0.857. The number of piperidine rings is 1. The molecular weight excluding hydrogens is 130 g/mol. The van der Waals surface area contributed by atoms with Crippen molar-refractivity contribution in [2.45, 2.75) is 18.9 Å². The lowest BCUT2D eigenvalue weighted by Crippen LogP contribution is -2.42. The van der Waals surface area contributed by atoms with Crippen molar-refractivity contribution in [2.75, 3.05) is 13.2 Å². The lowest BCUT2D eigenvalue weighted by Gasteiger charge is -2.23. The highest BCUT2D eigenvalue weighted by Crippen LogP contribution is 2.25. The lowest BCUT2D eigenvalue weighted by molar-refractivity contribution is -0.128. The summed E-state index contributed by atoms with van der Waals surface area (Å²) in [6.07, 6.45) is 2.14. The van der Waals surface area contributed by atoms with Gasteiger partial charge in [0.25, 0.3) is 0 Å². The molecule has 0 bridgehead atoms. The normalized spacial score (nSPS) is 39.0. The topological polar surface area (TPSA) is 38.3 Å². The largest absolute Gasteiger partial charge is 0.377 e. The van der Waals surface area contributed by atoms with Crippen molar-refractivity contribution in [3.63, 3.8) is 0 Å². The smallest absolute Gasteiger partial charge is 0.225 e. The molecule has 1 amide bonds. The molecule has 0 aromatic carbocycles. The van der Waals surface area contributed by atoms with E-state index in [0.29, 0.717) is 0 Å². The van der Waals surface area contributed by atoms with E-state index in [4.69, 9.17) is 4.74 Å². The first-order valence-electron chi connectivity index (χ1n) is 3.77. The summed E-state index contributed by atoms with van der Waals surface area (Å²) in [6, 6.07) is 0. The molecule has 10 heavy (non-hydrogen) atoms. The van der Waals surface area contributed by atoms with E-state index in [2.05, 4.69) is 5.32 Å². The second kappa shape index (κ2) is 2.23. The van der Waals surface area contributed by atoms with Crippen LogP contribution in [0.3, 0.4) is 0 Å². The third kappa shape index (κ3) is 0.814. The Bertz CT molecular complexity index is 158. The van der Waals surface area contributed by atoms with E-state index in [-0.39, 0.29) is 17.9 Å². The molecule has 0 radical (unpaired) electrons. The Kier molecular flexibility index (Phi) is 1.38. The predicted molar refractivity (Wildman–Crippen MR) is 35.5 cm³/mol. The van der Waals surface area contributed by atoms with Crippen molar-refractivity contribution < 1.29 is 9.53 Å². The van der Waals surface area contributed by atoms with Crippen LogP contribution in [0.4, 0.5) is 0 Å². The molecule has 2 aliphatic rings. The fourth-order valence-corrected chi connectivity index (χ4v) is 1.70. The van der Waals surface area contributed by atoms with Crippen LogP contribution >= 0.6 is 0 Å². The van der Waals surface area contributed by atoms with E-state index in [1.807, 2.05) is 0 Å². The molecular formula is C7H11NO2. The van der Waals surface area contributed by atoms with Crippen LogP contribution in [0.5, 0.6) is 0 Å². The van der Waals surface area contributed by atoms with Crippen LogP contribution in [-0.4, -0.2) is 25.2 Å². The minimum Gasteiger partial charge on any atom is -0.377 e. The zero-order valence-electron chi connectivity index (χ0n) is 5.80. The van der Waals surface area contributed by atoms with Gasteiger partial charge in [-0.15, -0.1) is 0 Å². The van der Waals surface area contributed by atoms with E-state index >= 15 is 0 Å². The van der Waals surface area contributed by atoms with E-state index in [1.165, 1.54) is 0 Å². The average Bonchev–Trinajstić information content (AvgIpc) is 2.36. The Hall–Kier alpha value is -0.570. The number of ether oxygens (including phenoxy) is 1. The summed E-state index contributed by atoms with van der Waals surface area (Å²) in [5, 5.41) is 2.83. The number of hydrogen-bond donors (Lipinski definition) is 1. The van der Waals surface area contributed by atoms with Gasteiger partial charge in [0, 0.05) is 13.2 Å². The Morgan fingerprint density at radius 3 is 3.20 bits per heavy atom. The van der Waals surface area contributed by atoms with E-state index in [0.717, 1.165) is 26.0 Å². The summed E-state index contributed by atoms with van der Waals surface area (Å²) in [7, 11) is 0. The number of nitrogens with one attached hydrogen (secondary N) is 1. The highest BCUT2D eigenvalue weighted by Gasteiger charge is 2.36. The van der Waals surface area contributed by atoms with Gasteiger partial charge in [-0.25, -0.2) is 0 Å².